The van der Waals surface area contributed by atoms with Gasteiger partial charge in [-0.1, -0.05) is 0 Å². The number of H-pyrrole nitrogens is 1. The van der Waals surface area contributed by atoms with Gasteiger partial charge in [0.05, 0.1) is 11.4 Å². The normalized spacial score (nSPS) is 12.4. The average molecular weight is 291 g/mol. The lowest BCUT2D eigenvalue weighted by atomic mass is 10.1. The lowest BCUT2D eigenvalue weighted by Gasteiger charge is -2.10. The molecule has 3 N–H and O–H groups in total. The second-order valence-corrected chi connectivity index (χ2v) is 5.22. The third-order valence-electron chi connectivity index (χ3n) is 3.53. The Morgan fingerprint density at radius 2 is 2.24 bits per heavy atom. The monoisotopic (exact) mass is 291 g/mol. The molecule has 0 aromatic carbocycles. The van der Waals surface area contributed by atoms with Crippen molar-refractivity contribution in [2.45, 2.75) is 33.2 Å². The van der Waals surface area contributed by atoms with Crippen LogP contribution < -0.4 is 5.32 Å². The zero-order valence-corrected chi connectivity index (χ0v) is 12.8. The van der Waals surface area contributed by atoms with Gasteiger partial charge in [-0.25, -0.2) is 0 Å². The van der Waals surface area contributed by atoms with E-state index in [-0.39, 0.29) is 18.6 Å². The molecule has 0 bridgehead atoms. The third-order valence-corrected chi connectivity index (χ3v) is 3.53. The van der Waals surface area contributed by atoms with E-state index in [0.29, 0.717) is 17.8 Å². The first-order valence-electron chi connectivity index (χ1n) is 6.91. The molecule has 0 saturated carbocycles. The quantitative estimate of drug-likeness (QED) is 0.763. The Morgan fingerprint density at radius 3 is 2.81 bits per heavy atom. The molecule has 1 atom stereocenters. The van der Waals surface area contributed by atoms with Crippen LogP contribution >= 0.6 is 0 Å². The fourth-order valence-corrected chi connectivity index (χ4v) is 2.28. The van der Waals surface area contributed by atoms with Crippen LogP contribution in [0.4, 0.5) is 0 Å². The second kappa shape index (κ2) is 6.09. The Balaban J connectivity index is 2.20. The van der Waals surface area contributed by atoms with Crippen molar-refractivity contribution in [2.24, 2.45) is 7.05 Å². The molecule has 2 aromatic rings. The first-order chi connectivity index (χ1) is 9.93. The van der Waals surface area contributed by atoms with Crippen LogP contribution in [0.15, 0.2) is 6.07 Å². The second-order valence-electron chi connectivity index (χ2n) is 5.22. The summed E-state index contributed by atoms with van der Waals surface area (Å²) in [6.45, 7) is 5.78. The molecular formula is C14H21N5O2. The van der Waals surface area contributed by atoms with Crippen LogP contribution in [0.2, 0.25) is 0 Å². The van der Waals surface area contributed by atoms with Crippen LogP contribution in [0.1, 0.15) is 35.2 Å². The molecule has 7 heteroatoms. The van der Waals surface area contributed by atoms with Crippen LogP contribution in [0.25, 0.3) is 11.3 Å². The van der Waals surface area contributed by atoms with Crippen molar-refractivity contribution in [3.05, 3.63) is 23.1 Å². The van der Waals surface area contributed by atoms with Gasteiger partial charge in [-0.15, -0.1) is 0 Å². The smallest absolute Gasteiger partial charge is 0.269 e. The van der Waals surface area contributed by atoms with Gasteiger partial charge in [-0.3, -0.25) is 14.6 Å². The maximum Gasteiger partial charge on any atom is 0.269 e. The van der Waals surface area contributed by atoms with Gasteiger partial charge in [0.25, 0.3) is 5.91 Å². The van der Waals surface area contributed by atoms with Crippen LogP contribution in [0.3, 0.4) is 0 Å². The van der Waals surface area contributed by atoms with Gasteiger partial charge in [-0.2, -0.15) is 10.2 Å². The molecule has 2 heterocycles. The molecule has 0 spiro atoms. The first kappa shape index (κ1) is 15.2. The average Bonchev–Trinajstić information content (AvgIpc) is 2.96. The maximum absolute atomic E-state index is 12.1. The van der Waals surface area contributed by atoms with Gasteiger partial charge < -0.3 is 10.4 Å². The van der Waals surface area contributed by atoms with Crippen molar-refractivity contribution in [3.63, 3.8) is 0 Å². The summed E-state index contributed by atoms with van der Waals surface area (Å²) in [4.78, 5) is 12.1. The minimum absolute atomic E-state index is 0.0454. The van der Waals surface area contributed by atoms with Crippen LogP contribution in [-0.2, 0) is 7.05 Å². The number of hydrogen-bond acceptors (Lipinski definition) is 4. The van der Waals surface area contributed by atoms with E-state index < -0.39 is 0 Å². The standard InChI is InChI=1S/C14H21N5O2/c1-8(5-6-20)15-14(21)12-7-11(16-17-12)13-9(2)18-19(4)10(13)3/h7-8,20H,5-6H2,1-4H3,(H,15,21)(H,16,17). The zero-order valence-electron chi connectivity index (χ0n) is 12.8. The third kappa shape index (κ3) is 3.13. The number of carbonyl (C=O) groups excluding carboxylic acids is 1. The van der Waals surface area contributed by atoms with Crippen molar-refractivity contribution >= 4 is 5.91 Å². The molecule has 0 radical (unpaired) electrons. The number of aliphatic hydroxyl groups excluding tert-OH is 1. The molecule has 2 aromatic heterocycles. The van der Waals surface area contributed by atoms with Crippen molar-refractivity contribution < 1.29 is 9.90 Å². The van der Waals surface area contributed by atoms with Crippen molar-refractivity contribution in [1.29, 1.82) is 0 Å². The predicted octanol–water partition coefficient (Wildman–Crippen LogP) is 0.928. The van der Waals surface area contributed by atoms with Gasteiger partial charge >= 0.3 is 0 Å². The van der Waals surface area contributed by atoms with Gasteiger partial charge in [0.2, 0.25) is 0 Å². The van der Waals surface area contributed by atoms with E-state index in [1.807, 2.05) is 27.8 Å². The Labute approximate surface area is 123 Å². The topological polar surface area (TPSA) is 95.8 Å². The molecule has 0 fully saturated rings. The number of amides is 1. The molecule has 1 amide bonds. The summed E-state index contributed by atoms with van der Waals surface area (Å²) in [7, 11) is 1.88. The number of hydrogen-bond donors (Lipinski definition) is 3. The maximum atomic E-state index is 12.1. The fraction of sp³-hybridized carbons (Fsp3) is 0.500. The molecule has 114 valence electrons. The highest BCUT2D eigenvalue weighted by atomic mass is 16.3. The number of aliphatic hydroxyl groups is 1. The van der Waals surface area contributed by atoms with Gasteiger partial charge in [0.15, 0.2) is 0 Å². The zero-order chi connectivity index (χ0) is 15.6. The minimum Gasteiger partial charge on any atom is -0.396 e. The van der Waals surface area contributed by atoms with E-state index >= 15 is 0 Å². The van der Waals surface area contributed by atoms with E-state index in [9.17, 15) is 4.79 Å². The number of nitrogens with one attached hydrogen (secondary N) is 2. The first-order valence-corrected chi connectivity index (χ1v) is 6.91. The van der Waals surface area contributed by atoms with Crippen LogP contribution in [-0.4, -0.2) is 43.6 Å². The molecule has 0 saturated heterocycles. The number of aromatic nitrogens is 4. The Kier molecular flexibility index (Phi) is 4.42. The minimum atomic E-state index is -0.228. The van der Waals surface area contributed by atoms with Gasteiger partial charge in [0.1, 0.15) is 5.69 Å². The summed E-state index contributed by atoms with van der Waals surface area (Å²) in [6.07, 6.45) is 0.521. The van der Waals surface area contributed by atoms with Crippen molar-refractivity contribution in [3.8, 4) is 11.3 Å². The van der Waals surface area contributed by atoms with Crippen LogP contribution in [0, 0.1) is 13.8 Å². The molecule has 21 heavy (non-hydrogen) atoms. The lowest BCUT2D eigenvalue weighted by molar-refractivity contribution is 0.0929. The predicted molar refractivity (Wildman–Crippen MR) is 78.9 cm³/mol. The lowest BCUT2D eigenvalue weighted by Crippen LogP contribution is -2.33. The highest BCUT2D eigenvalue weighted by Crippen LogP contribution is 2.25. The number of carbonyl (C=O) groups is 1. The summed E-state index contributed by atoms with van der Waals surface area (Å²) in [5, 5.41) is 23.0. The number of aryl methyl sites for hydroxylation is 2. The number of rotatable bonds is 5. The van der Waals surface area contributed by atoms with E-state index in [1.165, 1.54) is 0 Å². The van der Waals surface area contributed by atoms with Gasteiger partial charge in [-0.05, 0) is 33.3 Å². The molecule has 2 rings (SSSR count). The SMILES string of the molecule is Cc1nn(C)c(C)c1-c1cc(C(=O)NC(C)CCO)[nH]n1. The summed E-state index contributed by atoms with van der Waals surface area (Å²) >= 11 is 0. The molecule has 0 aliphatic rings. The summed E-state index contributed by atoms with van der Waals surface area (Å²) in [6, 6.07) is 1.63. The Bertz CT molecular complexity index is 644. The van der Waals surface area contributed by atoms with Gasteiger partial charge in [0, 0.05) is 31.0 Å². The number of nitrogens with zero attached hydrogens (tertiary/aromatic N) is 3. The van der Waals surface area contributed by atoms with Crippen molar-refractivity contribution in [1.82, 2.24) is 25.3 Å². The van der Waals surface area contributed by atoms with E-state index in [1.54, 1.807) is 10.7 Å². The van der Waals surface area contributed by atoms with E-state index in [2.05, 4.69) is 20.6 Å². The molecule has 1 unspecified atom stereocenters. The molecular weight excluding hydrogens is 270 g/mol. The largest absolute Gasteiger partial charge is 0.396 e. The van der Waals surface area contributed by atoms with E-state index in [0.717, 1.165) is 17.0 Å². The molecule has 7 nitrogen and oxygen atoms in total. The Morgan fingerprint density at radius 1 is 1.52 bits per heavy atom. The highest BCUT2D eigenvalue weighted by molar-refractivity contribution is 5.93. The fourth-order valence-electron chi connectivity index (χ4n) is 2.28. The van der Waals surface area contributed by atoms with Crippen LogP contribution in [0.5, 0.6) is 0 Å². The van der Waals surface area contributed by atoms with E-state index in [4.69, 9.17) is 5.11 Å². The number of aromatic amines is 1. The molecule has 0 aliphatic carbocycles. The Hall–Kier alpha value is -2.15. The molecule has 0 aliphatic heterocycles. The highest BCUT2D eigenvalue weighted by Gasteiger charge is 2.17. The summed E-state index contributed by atoms with van der Waals surface area (Å²) < 4.78 is 1.79. The summed E-state index contributed by atoms with van der Waals surface area (Å²) in [5.41, 5.74) is 3.92. The summed E-state index contributed by atoms with van der Waals surface area (Å²) in [5.74, 6) is -0.228. The van der Waals surface area contributed by atoms with Crippen molar-refractivity contribution in [2.75, 3.05) is 6.61 Å².